The number of ketones is 1. The molecule has 0 aliphatic carbocycles. The number of nitrogens with zero attached hydrogens (tertiary/aromatic N) is 1. The number of anilines is 1. The van der Waals surface area contributed by atoms with Gasteiger partial charge in [-0.3, -0.25) is 9.59 Å². The molecule has 0 bridgehead atoms. The van der Waals surface area contributed by atoms with Gasteiger partial charge in [-0.25, -0.2) is 0 Å². The molecule has 1 amide bonds. The molecular weight excluding hydrogens is 456 g/mol. The van der Waals surface area contributed by atoms with Gasteiger partial charge in [0, 0.05) is 25.2 Å². The SMILES string of the molecule is O=C1CC(c2ccc(N3CCCCC3)cc2)(c2ccsc2)NC(=O)C1Oc1ccccc1Cl. The number of Topliss-reactive ketones (excluding diaryl/α,β-unsaturated/α-hetero) is 1. The Hall–Kier alpha value is -2.83. The lowest BCUT2D eigenvalue weighted by atomic mass is 9.76. The fourth-order valence-electron chi connectivity index (χ4n) is 4.74. The zero-order valence-corrected chi connectivity index (χ0v) is 19.7. The summed E-state index contributed by atoms with van der Waals surface area (Å²) in [7, 11) is 0. The summed E-state index contributed by atoms with van der Waals surface area (Å²) in [5.74, 6) is -0.413. The number of halogens is 1. The Bertz CT molecular complexity index is 1120. The van der Waals surface area contributed by atoms with Crippen LogP contribution in [0.4, 0.5) is 5.69 Å². The summed E-state index contributed by atoms with van der Waals surface area (Å²) in [5.41, 5.74) is 2.04. The Morgan fingerprint density at radius 3 is 2.39 bits per heavy atom. The van der Waals surface area contributed by atoms with Crippen LogP contribution in [0.2, 0.25) is 5.02 Å². The van der Waals surface area contributed by atoms with Gasteiger partial charge in [-0.1, -0.05) is 35.9 Å². The largest absolute Gasteiger partial charge is 0.471 e. The van der Waals surface area contributed by atoms with E-state index in [0.717, 1.165) is 24.2 Å². The molecule has 1 aromatic heterocycles. The first kappa shape index (κ1) is 22.0. The molecule has 2 aromatic carbocycles. The second-order valence-electron chi connectivity index (χ2n) is 8.57. The molecule has 2 aliphatic heterocycles. The molecule has 170 valence electrons. The molecule has 2 unspecified atom stereocenters. The third-order valence-corrected chi connectivity index (χ3v) is 7.48. The predicted octanol–water partition coefficient (Wildman–Crippen LogP) is 5.17. The molecule has 5 rings (SSSR count). The summed E-state index contributed by atoms with van der Waals surface area (Å²) < 4.78 is 5.76. The number of amides is 1. The first-order valence-electron chi connectivity index (χ1n) is 11.2. The summed E-state index contributed by atoms with van der Waals surface area (Å²) >= 11 is 7.72. The van der Waals surface area contributed by atoms with Gasteiger partial charge in [-0.2, -0.15) is 11.3 Å². The van der Waals surface area contributed by atoms with Crippen LogP contribution in [0.1, 0.15) is 36.8 Å². The Balaban J connectivity index is 1.45. The molecule has 2 atom stereocenters. The number of rotatable bonds is 5. The van der Waals surface area contributed by atoms with E-state index in [1.54, 1.807) is 35.6 Å². The van der Waals surface area contributed by atoms with Crippen LogP contribution in [0.3, 0.4) is 0 Å². The summed E-state index contributed by atoms with van der Waals surface area (Å²) in [6.45, 7) is 2.12. The Morgan fingerprint density at radius 1 is 0.970 bits per heavy atom. The van der Waals surface area contributed by atoms with Gasteiger partial charge in [0.05, 0.1) is 10.6 Å². The van der Waals surface area contributed by atoms with E-state index in [1.807, 2.05) is 29.0 Å². The molecule has 0 saturated carbocycles. The van der Waals surface area contributed by atoms with Crippen molar-refractivity contribution in [3.63, 3.8) is 0 Å². The van der Waals surface area contributed by atoms with Crippen molar-refractivity contribution in [2.24, 2.45) is 0 Å². The van der Waals surface area contributed by atoms with Crippen LogP contribution < -0.4 is 15.0 Å². The standard InChI is InChI=1S/C26H25ClN2O3S/c27-21-6-2-3-7-23(21)32-24-22(30)16-26(28-25(24)31,19-12-15-33-17-19)18-8-10-20(11-9-18)29-13-4-1-5-14-29/h2-3,6-12,15,17,24H,1,4-5,13-14,16H2,(H,28,31). The summed E-state index contributed by atoms with van der Waals surface area (Å²) in [6.07, 6.45) is 2.56. The number of benzene rings is 2. The van der Waals surface area contributed by atoms with Gasteiger partial charge < -0.3 is 15.0 Å². The number of carbonyl (C=O) groups excluding carboxylic acids is 2. The minimum atomic E-state index is -1.23. The number of hydrogen-bond acceptors (Lipinski definition) is 5. The quantitative estimate of drug-likeness (QED) is 0.512. The molecule has 0 radical (unpaired) electrons. The van der Waals surface area contributed by atoms with Crippen LogP contribution in [-0.4, -0.2) is 30.9 Å². The minimum absolute atomic E-state index is 0.105. The van der Waals surface area contributed by atoms with Crippen molar-refractivity contribution in [3.8, 4) is 5.75 Å². The highest BCUT2D eigenvalue weighted by atomic mass is 35.5. The smallest absolute Gasteiger partial charge is 0.269 e. The van der Waals surface area contributed by atoms with Crippen molar-refractivity contribution in [2.45, 2.75) is 37.3 Å². The van der Waals surface area contributed by atoms with Gasteiger partial charge in [0.1, 0.15) is 5.75 Å². The monoisotopic (exact) mass is 480 g/mol. The van der Waals surface area contributed by atoms with Gasteiger partial charge in [0.25, 0.3) is 5.91 Å². The lowest BCUT2D eigenvalue weighted by Crippen LogP contribution is -2.60. The van der Waals surface area contributed by atoms with E-state index >= 15 is 0 Å². The zero-order valence-electron chi connectivity index (χ0n) is 18.1. The molecule has 0 spiro atoms. The van der Waals surface area contributed by atoms with E-state index in [0.29, 0.717) is 10.8 Å². The van der Waals surface area contributed by atoms with E-state index in [4.69, 9.17) is 16.3 Å². The van der Waals surface area contributed by atoms with Crippen molar-refractivity contribution in [1.82, 2.24) is 5.32 Å². The highest BCUT2D eigenvalue weighted by Gasteiger charge is 2.48. The highest BCUT2D eigenvalue weighted by molar-refractivity contribution is 7.08. The van der Waals surface area contributed by atoms with Gasteiger partial charge in [-0.05, 0) is 71.5 Å². The lowest BCUT2D eigenvalue weighted by Gasteiger charge is -2.40. The first-order valence-corrected chi connectivity index (χ1v) is 12.5. The van der Waals surface area contributed by atoms with Crippen LogP contribution in [0.5, 0.6) is 5.75 Å². The summed E-state index contributed by atoms with van der Waals surface area (Å²) in [5, 5.41) is 7.44. The number of nitrogens with one attached hydrogen (secondary N) is 1. The average Bonchev–Trinajstić information content (AvgIpc) is 3.39. The van der Waals surface area contributed by atoms with Crippen LogP contribution in [-0.2, 0) is 15.1 Å². The van der Waals surface area contributed by atoms with Crippen LogP contribution >= 0.6 is 22.9 Å². The molecule has 5 nitrogen and oxygen atoms in total. The molecule has 3 aromatic rings. The maximum Gasteiger partial charge on any atom is 0.269 e. The molecule has 1 N–H and O–H groups in total. The van der Waals surface area contributed by atoms with Crippen LogP contribution in [0.15, 0.2) is 65.4 Å². The number of hydrogen-bond donors (Lipinski definition) is 1. The number of para-hydroxylation sites is 1. The first-order chi connectivity index (χ1) is 16.1. The van der Waals surface area contributed by atoms with Crippen LogP contribution in [0.25, 0.3) is 0 Å². The van der Waals surface area contributed by atoms with Crippen molar-refractivity contribution in [3.05, 3.63) is 81.5 Å². The number of ether oxygens (including phenoxy) is 1. The van der Waals surface area contributed by atoms with Crippen molar-refractivity contribution in [1.29, 1.82) is 0 Å². The van der Waals surface area contributed by atoms with Gasteiger partial charge in [0.2, 0.25) is 6.10 Å². The van der Waals surface area contributed by atoms with Crippen LogP contribution in [0, 0.1) is 0 Å². The van der Waals surface area contributed by atoms with E-state index in [9.17, 15) is 9.59 Å². The number of thiophene rings is 1. The number of piperidine rings is 2. The predicted molar refractivity (Wildman–Crippen MR) is 131 cm³/mol. The lowest BCUT2D eigenvalue weighted by molar-refractivity contribution is -0.144. The third kappa shape index (κ3) is 4.25. The summed E-state index contributed by atoms with van der Waals surface area (Å²) in [4.78, 5) is 28.9. The molecular formula is C26H25ClN2O3S. The van der Waals surface area contributed by atoms with E-state index in [-0.39, 0.29) is 12.2 Å². The Kier molecular flexibility index (Phi) is 6.13. The molecule has 33 heavy (non-hydrogen) atoms. The van der Waals surface area contributed by atoms with Crippen molar-refractivity contribution >= 4 is 40.3 Å². The highest BCUT2D eigenvalue weighted by Crippen LogP contribution is 2.39. The Morgan fingerprint density at radius 2 is 1.73 bits per heavy atom. The fraction of sp³-hybridized carbons (Fsp3) is 0.308. The Labute approximate surface area is 202 Å². The molecule has 2 aliphatic rings. The van der Waals surface area contributed by atoms with Crippen molar-refractivity contribution < 1.29 is 14.3 Å². The van der Waals surface area contributed by atoms with Gasteiger partial charge >= 0.3 is 0 Å². The second-order valence-corrected chi connectivity index (χ2v) is 9.76. The molecule has 2 fully saturated rings. The second kappa shape index (κ2) is 9.20. The average molecular weight is 481 g/mol. The molecule has 7 heteroatoms. The van der Waals surface area contributed by atoms with E-state index in [1.165, 1.54) is 24.9 Å². The van der Waals surface area contributed by atoms with Gasteiger partial charge in [0.15, 0.2) is 5.78 Å². The van der Waals surface area contributed by atoms with E-state index < -0.39 is 17.6 Å². The van der Waals surface area contributed by atoms with Gasteiger partial charge in [-0.15, -0.1) is 0 Å². The molecule has 2 saturated heterocycles. The van der Waals surface area contributed by atoms with E-state index in [2.05, 4.69) is 22.3 Å². The summed E-state index contributed by atoms with van der Waals surface area (Å²) in [6, 6.07) is 17.1. The third-order valence-electron chi connectivity index (χ3n) is 6.48. The normalized spacial score (nSPS) is 23.3. The number of carbonyl (C=O) groups is 2. The maximum absolute atomic E-state index is 13.3. The van der Waals surface area contributed by atoms with Crippen molar-refractivity contribution in [2.75, 3.05) is 18.0 Å². The topological polar surface area (TPSA) is 58.6 Å². The minimum Gasteiger partial charge on any atom is -0.471 e. The maximum atomic E-state index is 13.3. The fourth-order valence-corrected chi connectivity index (χ4v) is 5.65. The zero-order chi connectivity index (χ0) is 22.8. The molecule has 3 heterocycles.